The highest BCUT2D eigenvalue weighted by atomic mass is 14.5. The van der Waals surface area contributed by atoms with Crippen LogP contribution in [0, 0.1) is 28.6 Å². The smallest absolute Gasteiger partial charge is 0.0300 e. The Morgan fingerprint density at radius 3 is 2.38 bits per heavy atom. The summed E-state index contributed by atoms with van der Waals surface area (Å²) in [7, 11) is 0. The van der Waals surface area contributed by atoms with Crippen LogP contribution in [0.1, 0.15) is 73.1 Å². The van der Waals surface area contributed by atoms with E-state index in [0.29, 0.717) is 10.8 Å². The zero-order chi connectivity index (χ0) is 12.0. The highest BCUT2D eigenvalue weighted by Gasteiger charge is 2.45. The molecule has 0 aromatic heterocycles. The molecule has 2 aliphatic carbocycles. The number of fused-ring (bicyclic) bond motifs is 1. The molecule has 0 nitrogen and oxygen atoms in total. The van der Waals surface area contributed by atoms with Gasteiger partial charge in [-0.05, 0) is 60.7 Å². The molecule has 0 radical (unpaired) electrons. The quantitative estimate of drug-likeness (QED) is 0.566. The molecular formula is C16H30. The third-order valence-corrected chi connectivity index (χ3v) is 6.06. The summed E-state index contributed by atoms with van der Waals surface area (Å²) in [5, 5.41) is 0. The van der Waals surface area contributed by atoms with Crippen molar-refractivity contribution in [1.82, 2.24) is 0 Å². The summed E-state index contributed by atoms with van der Waals surface area (Å²) in [6.07, 6.45) is 8.83. The SMILES string of the molecule is CCC1(C)CC2CCC(C)(C)CC2CC1C. The van der Waals surface area contributed by atoms with Gasteiger partial charge in [0.25, 0.3) is 0 Å². The topological polar surface area (TPSA) is 0 Å². The fourth-order valence-electron chi connectivity index (χ4n) is 4.37. The highest BCUT2D eigenvalue weighted by Crippen LogP contribution is 2.55. The first-order valence-corrected chi connectivity index (χ1v) is 7.36. The summed E-state index contributed by atoms with van der Waals surface area (Å²) in [5.41, 5.74) is 1.27. The number of hydrogen-bond donors (Lipinski definition) is 0. The van der Waals surface area contributed by atoms with Crippen molar-refractivity contribution in [3.05, 3.63) is 0 Å². The zero-order valence-electron chi connectivity index (χ0n) is 12.0. The monoisotopic (exact) mass is 222 g/mol. The average molecular weight is 222 g/mol. The van der Waals surface area contributed by atoms with Crippen molar-refractivity contribution in [1.29, 1.82) is 0 Å². The predicted octanol–water partition coefficient (Wildman–Crippen LogP) is 5.28. The highest BCUT2D eigenvalue weighted by molar-refractivity contribution is 4.95. The predicted molar refractivity (Wildman–Crippen MR) is 71.4 cm³/mol. The molecule has 0 bridgehead atoms. The van der Waals surface area contributed by atoms with Crippen molar-refractivity contribution < 1.29 is 0 Å². The maximum atomic E-state index is 2.54. The lowest BCUT2D eigenvalue weighted by Crippen LogP contribution is -2.42. The van der Waals surface area contributed by atoms with Gasteiger partial charge >= 0.3 is 0 Å². The van der Waals surface area contributed by atoms with E-state index < -0.39 is 0 Å². The molecule has 94 valence electrons. The molecular weight excluding hydrogens is 192 g/mol. The molecule has 0 heterocycles. The third-order valence-electron chi connectivity index (χ3n) is 6.06. The van der Waals surface area contributed by atoms with E-state index in [9.17, 15) is 0 Å². The van der Waals surface area contributed by atoms with Gasteiger partial charge in [0.15, 0.2) is 0 Å². The van der Waals surface area contributed by atoms with Gasteiger partial charge in [0.1, 0.15) is 0 Å². The van der Waals surface area contributed by atoms with E-state index in [4.69, 9.17) is 0 Å². The van der Waals surface area contributed by atoms with E-state index in [0.717, 1.165) is 17.8 Å². The Morgan fingerprint density at radius 1 is 1.06 bits per heavy atom. The van der Waals surface area contributed by atoms with Crippen LogP contribution >= 0.6 is 0 Å². The first-order valence-electron chi connectivity index (χ1n) is 7.36. The van der Waals surface area contributed by atoms with Crippen LogP contribution in [0.5, 0.6) is 0 Å². The lowest BCUT2D eigenvalue weighted by atomic mass is 9.54. The third kappa shape index (κ3) is 2.17. The molecule has 2 fully saturated rings. The molecule has 0 N–H and O–H groups in total. The van der Waals surface area contributed by atoms with Crippen LogP contribution in [0.3, 0.4) is 0 Å². The van der Waals surface area contributed by atoms with Crippen LogP contribution in [-0.4, -0.2) is 0 Å². The molecule has 4 atom stereocenters. The van der Waals surface area contributed by atoms with Crippen LogP contribution in [0.4, 0.5) is 0 Å². The van der Waals surface area contributed by atoms with Gasteiger partial charge < -0.3 is 0 Å². The second-order valence-electron chi connectivity index (χ2n) is 7.78. The van der Waals surface area contributed by atoms with Gasteiger partial charge in [-0.2, -0.15) is 0 Å². The minimum Gasteiger partial charge on any atom is -0.0649 e. The van der Waals surface area contributed by atoms with Crippen molar-refractivity contribution in [2.45, 2.75) is 73.1 Å². The first-order chi connectivity index (χ1) is 7.36. The largest absolute Gasteiger partial charge is 0.0649 e. The molecule has 2 rings (SSSR count). The van der Waals surface area contributed by atoms with E-state index in [1.54, 1.807) is 0 Å². The summed E-state index contributed by atoms with van der Waals surface area (Å²) >= 11 is 0. The van der Waals surface area contributed by atoms with Gasteiger partial charge in [-0.25, -0.2) is 0 Å². The van der Waals surface area contributed by atoms with Gasteiger partial charge in [0.2, 0.25) is 0 Å². The fourth-order valence-corrected chi connectivity index (χ4v) is 4.37. The van der Waals surface area contributed by atoms with Gasteiger partial charge in [0.05, 0.1) is 0 Å². The molecule has 0 aliphatic heterocycles. The Hall–Kier alpha value is 0. The van der Waals surface area contributed by atoms with E-state index in [1.165, 1.54) is 38.5 Å². The van der Waals surface area contributed by atoms with E-state index in [-0.39, 0.29) is 0 Å². The van der Waals surface area contributed by atoms with Crippen molar-refractivity contribution in [3.63, 3.8) is 0 Å². The summed E-state index contributed by atoms with van der Waals surface area (Å²) in [6, 6.07) is 0. The lowest BCUT2D eigenvalue weighted by Gasteiger charge is -2.52. The second-order valence-corrected chi connectivity index (χ2v) is 7.78. The summed E-state index contributed by atoms with van der Waals surface area (Å²) in [5.74, 6) is 3.03. The zero-order valence-corrected chi connectivity index (χ0v) is 12.0. The first kappa shape index (κ1) is 12.5. The van der Waals surface area contributed by atoms with Crippen molar-refractivity contribution in [2.75, 3.05) is 0 Å². The van der Waals surface area contributed by atoms with Crippen molar-refractivity contribution in [3.8, 4) is 0 Å². The Morgan fingerprint density at radius 2 is 1.75 bits per heavy atom. The van der Waals surface area contributed by atoms with Crippen LogP contribution in [0.25, 0.3) is 0 Å². The van der Waals surface area contributed by atoms with Crippen molar-refractivity contribution in [2.24, 2.45) is 28.6 Å². The van der Waals surface area contributed by atoms with E-state index in [2.05, 4.69) is 34.6 Å². The van der Waals surface area contributed by atoms with Crippen LogP contribution in [0.2, 0.25) is 0 Å². The molecule has 0 spiro atoms. The molecule has 0 heteroatoms. The van der Waals surface area contributed by atoms with Crippen LogP contribution in [0.15, 0.2) is 0 Å². The molecule has 16 heavy (non-hydrogen) atoms. The minimum atomic E-state index is 0.626. The standard InChI is InChI=1S/C16H30/c1-6-16(5)11-13-7-8-15(3,4)10-14(13)9-12(16)2/h12-14H,6-11H2,1-5H3. The van der Waals surface area contributed by atoms with E-state index in [1.807, 2.05) is 0 Å². The van der Waals surface area contributed by atoms with Gasteiger partial charge in [-0.15, -0.1) is 0 Å². The van der Waals surface area contributed by atoms with E-state index >= 15 is 0 Å². The number of hydrogen-bond acceptors (Lipinski definition) is 0. The normalized spacial score (nSPS) is 47.4. The Bertz CT molecular complexity index is 253. The maximum absolute atomic E-state index is 2.54. The number of rotatable bonds is 1. The second kappa shape index (κ2) is 4.03. The fraction of sp³-hybridized carbons (Fsp3) is 1.00. The van der Waals surface area contributed by atoms with Crippen molar-refractivity contribution >= 4 is 0 Å². The molecule has 2 aliphatic rings. The molecule has 0 amide bonds. The summed E-state index contributed by atoms with van der Waals surface area (Å²) in [6.45, 7) is 12.4. The summed E-state index contributed by atoms with van der Waals surface area (Å²) < 4.78 is 0. The lowest BCUT2D eigenvalue weighted by molar-refractivity contribution is -0.0136. The van der Waals surface area contributed by atoms with Gasteiger partial charge in [-0.1, -0.05) is 41.0 Å². The molecule has 0 aromatic rings. The summed E-state index contributed by atoms with van der Waals surface area (Å²) in [4.78, 5) is 0. The maximum Gasteiger partial charge on any atom is -0.0300 e. The van der Waals surface area contributed by atoms with Gasteiger partial charge in [0, 0.05) is 0 Å². The molecule has 0 saturated heterocycles. The average Bonchev–Trinajstić information content (AvgIpc) is 2.20. The molecule has 4 unspecified atom stereocenters. The Balaban J connectivity index is 2.08. The Labute approximate surface area is 102 Å². The Kier molecular flexibility index (Phi) is 3.14. The van der Waals surface area contributed by atoms with Crippen LogP contribution < -0.4 is 0 Å². The van der Waals surface area contributed by atoms with Crippen LogP contribution in [-0.2, 0) is 0 Å². The van der Waals surface area contributed by atoms with Gasteiger partial charge in [-0.3, -0.25) is 0 Å². The molecule has 2 saturated carbocycles. The molecule has 0 aromatic carbocycles. The minimum absolute atomic E-state index is 0.626.